The Morgan fingerprint density at radius 2 is 1.70 bits per heavy atom. The van der Waals surface area contributed by atoms with Crippen LogP contribution in [0, 0.1) is 6.92 Å². The van der Waals surface area contributed by atoms with Gasteiger partial charge in [0.1, 0.15) is 11.0 Å². The number of aromatic nitrogens is 3. The molecular weight excluding hydrogens is 455 g/mol. The summed E-state index contributed by atoms with van der Waals surface area (Å²) in [6.45, 7) is 1.92. The maximum Gasteiger partial charge on any atom is 0.248 e. The molecule has 0 unspecified atom stereocenters. The molecule has 5 aromatic rings. The van der Waals surface area contributed by atoms with E-state index >= 15 is 0 Å². The molecule has 33 heavy (non-hydrogen) atoms. The maximum absolute atomic E-state index is 12.5. The highest BCUT2D eigenvalue weighted by Crippen LogP contribution is 2.26. The third-order valence-electron chi connectivity index (χ3n) is 5.34. The van der Waals surface area contributed by atoms with Gasteiger partial charge in [-0.2, -0.15) is 0 Å². The standard InChI is InChI=1S/C26H18Cl2N4O/c1-16-13-23-24(31-32(30-23)25-8-4-6-17-5-2-3-7-20(17)25)15-22(16)29-26(33)12-10-18-9-11-19(27)14-21(18)28/h2-15H,1H3,(H,29,33)/b12-10+. The van der Waals surface area contributed by atoms with Crippen molar-refractivity contribution in [3.8, 4) is 5.69 Å². The van der Waals surface area contributed by atoms with E-state index in [-0.39, 0.29) is 5.91 Å². The predicted molar refractivity (Wildman–Crippen MR) is 135 cm³/mol. The number of amides is 1. The highest BCUT2D eigenvalue weighted by atomic mass is 35.5. The fourth-order valence-electron chi connectivity index (χ4n) is 3.67. The Balaban J connectivity index is 1.43. The Kier molecular flexibility index (Phi) is 5.58. The van der Waals surface area contributed by atoms with Gasteiger partial charge < -0.3 is 5.32 Å². The van der Waals surface area contributed by atoms with Crippen LogP contribution in [0.2, 0.25) is 10.0 Å². The number of anilines is 1. The van der Waals surface area contributed by atoms with E-state index in [4.69, 9.17) is 23.2 Å². The largest absolute Gasteiger partial charge is 0.322 e. The Bertz CT molecular complexity index is 1550. The van der Waals surface area contributed by atoms with Crippen LogP contribution in [0.25, 0.3) is 33.6 Å². The molecule has 0 fully saturated rings. The first-order chi connectivity index (χ1) is 16.0. The lowest BCUT2D eigenvalue weighted by molar-refractivity contribution is -0.111. The van der Waals surface area contributed by atoms with Gasteiger partial charge in [0, 0.05) is 27.2 Å². The number of carbonyl (C=O) groups excluding carboxylic acids is 1. The summed E-state index contributed by atoms with van der Waals surface area (Å²) in [4.78, 5) is 14.2. The van der Waals surface area contributed by atoms with Crippen molar-refractivity contribution in [1.82, 2.24) is 15.0 Å². The Morgan fingerprint density at radius 1 is 0.939 bits per heavy atom. The lowest BCUT2D eigenvalue weighted by Crippen LogP contribution is -2.09. The molecule has 7 heteroatoms. The smallest absolute Gasteiger partial charge is 0.248 e. The molecule has 0 aliphatic heterocycles. The highest BCUT2D eigenvalue weighted by molar-refractivity contribution is 6.35. The summed E-state index contributed by atoms with van der Waals surface area (Å²) in [6.07, 6.45) is 3.09. The molecule has 0 saturated carbocycles. The normalized spacial score (nSPS) is 11.5. The second-order valence-corrected chi connectivity index (χ2v) is 8.48. The zero-order chi connectivity index (χ0) is 22.9. The fraction of sp³-hybridized carbons (Fsp3) is 0.0385. The molecule has 0 radical (unpaired) electrons. The molecule has 0 aliphatic carbocycles. The van der Waals surface area contributed by atoms with Crippen molar-refractivity contribution in [2.45, 2.75) is 6.92 Å². The van der Waals surface area contributed by atoms with Gasteiger partial charge >= 0.3 is 0 Å². The number of aryl methyl sites for hydroxylation is 1. The topological polar surface area (TPSA) is 59.8 Å². The molecule has 0 spiro atoms. The van der Waals surface area contributed by atoms with Crippen LogP contribution >= 0.6 is 23.2 Å². The van der Waals surface area contributed by atoms with Gasteiger partial charge in [-0.05, 0) is 59.8 Å². The molecule has 0 bridgehead atoms. The molecule has 0 atom stereocenters. The van der Waals surface area contributed by atoms with Gasteiger partial charge in [-0.3, -0.25) is 4.79 Å². The third-order valence-corrected chi connectivity index (χ3v) is 5.91. The van der Waals surface area contributed by atoms with Crippen molar-refractivity contribution in [2.75, 3.05) is 5.32 Å². The van der Waals surface area contributed by atoms with Crippen LogP contribution in [-0.4, -0.2) is 20.9 Å². The molecule has 1 heterocycles. The van der Waals surface area contributed by atoms with Gasteiger partial charge in [-0.15, -0.1) is 15.0 Å². The van der Waals surface area contributed by atoms with Crippen molar-refractivity contribution >= 4 is 62.7 Å². The number of hydrogen-bond acceptors (Lipinski definition) is 3. The molecule has 162 valence electrons. The summed E-state index contributed by atoms with van der Waals surface area (Å²) in [5.74, 6) is -0.273. The Morgan fingerprint density at radius 3 is 2.52 bits per heavy atom. The van der Waals surface area contributed by atoms with Crippen molar-refractivity contribution in [3.63, 3.8) is 0 Å². The first-order valence-corrected chi connectivity index (χ1v) is 11.0. The second kappa shape index (κ2) is 8.70. The summed E-state index contributed by atoms with van der Waals surface area (Å²) < 4.78 is 0. The summed E-state index contributed by atoms with van der Waals surface area (Å²) >= 11 is 12.1. The van der Waals surface area contributed by atoms with E-state index in [1.807, 2.05) is 43.3 Å². The van der Waals surface area contributed by atoms with Crippen molar-refractivity contribution in [2.24, 2.45) is 0 Å². The molecule has 1 aromatic heterocycles. The van der Waals surface area contributed by atoms with Gasteiger partial charge in [0.25, 0.3) is 0 Å². The van der Waals surface area contributed by atoms with Crippen LogP contribution in [0.4, 0.5) is 5.69 Å². The van der Waals surface area contributed by atoms with Crippen LogP contribution in [-0.2, 0) is 4.79 Å². The minimum atomic E-state index is -0.273. The Labute approximate surface area is 200 Å². The molecule has 1 N–H and O–H groups in total. The minimum absolute atomic E-state index is 0.273. The number of fused-ring (bicyclic) bond motifs is 2. The number of nitrogens with zero attached hydrogens (tertiary/aromatic N) is 3. The zero-order valence-corrected chi connectivity index (χ0v) is 19.1. The van der Waals surface area contributed by atoms with Crippen LogP contribution in [0.3, 0.4) is 0 Å². The monoisotopic (exact) mass is 472 g/mol. The second-order valence-electron chi connectivity index (χ2n) is 7.63. The number of rotatable bonds is 4. The molecule has 0 saturated heterocycles. The van der Waals surface area contributed by atoms with Crippen LogP contribution in [0.15, 0.2) is 78.9 Å². The van der Waals surface area contributed by atoms with Crippen molar-refractivity contribution in [3.05, 3.63) is 100 Å². The maximum atomic E-state index is 12.5. The van der Waals surface area contributed by atoms with Crippen LogP contribution < -0.4 is 5.32 Å². The van der Waals surface area contributed by atoms with E-state index in [9.17, 15) is 4.79 Å². The quantitative estimate of drug-likeness (QED) is 0.291. The highest BCUT2D eigenvalue weighted by Gasteiger charge is 2.11. The van der Waals surface area contributed by atoms with E-state index < -0.39 is 0 Å². The summed E-state index contributed by atoms with van der Waals surface area (Å²) in [6, 6.07) is 23.0. The number of benzene rings is 4. The van der Waals surface area contributed by atoms with E-state index in [1.54, 1.807) is 29.1 Å². The molecule has 4 aromatic carbocycles. The summed E-state index contributed by atoms with van der Waals surface area (Å²) in [5.41, 5.74) is 4.61. The van der Waals surface area contributed by atoms with E-state index in [1.165, 1.54) is 6.08 Å². The first-order valence-electron chi connectivity index (χ1n) is 10.3. The zero-order valence-electron chi connectivity index (χ0n) is 17.6. The van der Waals surface area contributed by atoms with Gasteiger partial charge in [0.05, 0.1) is 5.69 Å². The lowest BCUT2D eigenvalue weighted by Gasteiger charge is -2.06. The minimum Gasteiger partial charge on any atom is -0.322 e. The van der Waals surface area contributed by atoms with Gasteiger partial charge in [-0.25, -0.2) is 0 Å². The average molecular weight is 473 g/mol. The van der Waals surface area contributed by atoms with Gasteiger partial charge in [0.15, 0.2) is 0 Å². The average Bonchev–Trinajstić information content (AvgIpc) is 3.20. The summed E-state index contributed by atoms with van der Waals surface area (Å²) in [5, 5.41) is 15.4. The molecule has 0 aliphatic rings. The predicted octanol–water partition coefficient (Wildman–Crippen LogP) is 6.84. The number of carbonyl (C=O) groups is 1. The van der Waals surface area contributed by atoms with E-state index in [0.717, 1.165) is 27.5 Å². The molecule has 1 amide bonds. The lowest BCUT2D eigenvalue weighted by atomic mass is 10.1. The number of hydrogen-bond donors (Lipinski definition) is 1. The van der Waals surface area contributed by atoms with E-state index in [0.29, 0.717) is 26.8 Å². The van der Waals surface area contributed by atoms with Crippen LogP contribution in [0.1, 0.15) is 11.1 Å². The third kappa shape index (κ3) is 4.33. The SMILES string of the molecule is Cc1cc2nn(-c3cccc4ccccc34)nc2cc1NC(=O)/C=C/c1ccc(Cl)cc1Cl. The number of halogens is 2. The first kappa shape index (κ1) is 21.2. The van der Waals surface area contributed by atoms with Crippen LogP contribution in [0.5, 0.6) is 0 Å². The summed E-state index contributed by atoms with van der Waals surface area (Å²) in [7, 11) is 0. The van der Waals surface area contributed by atoms with E-state index in [2.05, 4.69) is 33.7 Å². The van der Waals surface area contributed by atoms with Crippen molar-refractivity contribution in [1.29, 1.82) is 0 Å². The fourth-order valence-corrected chi connectivity index (χ4v) is 4.14. The molecule has 5 nitrogen and oxygen atoms in total. The molecule has 5 rings (SSSR count). The number of nitrogens with one attached hydrogen (secondary N) is 1. The van der Waals surface area contributed by atoms with Gasteiger partial charge in [-0.1, -0.05) is 65.7 Å². The Hall–Kier alpha value is -3.67. The van der Waals surface area contributed by atoms with Gasteiger partial charge in [0.2, 0.25) is 5.91 Å². The van der Waals surface area contributed by atoms with Crippen molar-refractivity contribution < 1.29 is 4.79 Å². The molecular formula is C26H18Cl2N4O.